The number of benzene rings is 1. The minimum absolute atomic E-state index is 0.0583. The number of rotatable bonds is 3. The summed E-state index contributed by atoms with van der Waals surface area (Å²) in [6.07, 6.45) is 1.78. The summed E-state index contributed by atoms with van der Waals surface area (Å²) < 4.78 is 0. The van der Waals surface area contributed by atoms with Crippen LogP contribution in [0.3, 0.4) is 0 Å². The van der Waals surface area contributed by atoms with Crippen LogP contribution >= 0.6 is 11.6 Å². The van der Waals surface area contributed by atoms with Gasteiger partial charge in [-0.25, -0.2) is 0 Å². The Hall–Kier alpha value is -1.64. The summed E-state index contributed by atoms with van der Waals surface area (Å²) in [6.45, 7) is 1.19. The zero-order valence-electron chi connectivity index (χ0n) is 9.67. The number of nitro groups is 1. The van der Waals surface area contributed by atoms with E-state index in [1.807, 2.05) is 4.90 Å². The van der Waals surface area contributed by atoms with Crippen LogP contribution in [0.5, 0.6) is 0 Å². The van der Waals surface area contributed by atoms with Crippen LogP contribution in [-0.2, 0) is 6.54 Å². The van der Waals surface area contributed by atoms with Crippen molar-refractivity contribution in [3.05, 3.63) is 38.9 Å². The second kappa shape index (κ2) is 5.34. The van der Waals surface area contributed by atoms with E-state index < -0.39 is 4.92 Å². The van der Waals surface area contributed by atoms with Crippen molar-refractivity contribution >= 4 is 17.3 Å². The van der Waals surface area contributed by atoms with Crippen LogP contribution in [0.2, 0.25) is 5.02 Å². The Morgan fingerprint density at radius 3 is 3.06 bits per heavy atom. The van der Waals surface area contributed by atoms with Crippen molar-refractivity contribution in [2.75, 3.05) is 6.54 Å². The third kappa shape index (κ3) is 2.61. The van der Waals surface area contributed by atoms with Gasteiger partial charge in [0.25, 0.3) is 5.69 Å². The first-order chi connectivity index (χ1) is 8.61. The standard InChI is InChI=1S/C12H12ClN3O2/c13-10-3-4-12(16(17)18)9(6-10)8-15-5-1-2-11(15)7-14/h3-4,6,11H,1-2,5,8H2. The minimum atomic E-state index is -0.414. The Balaban J connectivity index is 2.25. The molecule has 0 N–H and O–H groups in total. The number of hydrogen-bond acceptors (Lipinski definition) is 4. The summed E-state index contributed by atoms with van der Waals surface area (Å²) in [4.78, 5) is 12.5. The highest BCUT2D eigenvalue weighted by atomic mass is 35.5. The number of nitrogens with zero attached hydrogens (tertiary/aromatic N) is 3. The Morgan fingerprint density at radius 2 is 2.39 bits per heavy atom. The molecule has 1 aromatic rings. The van der Waals surface area contributed by atoms with E-state index in [2.05, 4.69) is 6.07 Å². The van der Waals surface area contributed by atoms with E-state index in [-0.39, 0.29) is 11.7 Å². The van der Waals surface area contributed by atoms with Gasteiger partial charge in [0.15, 0.2) is 0 Å². The largest absolute Gasteiger partial charge is 0.283 e. The second-order valence-electron chi connectivity index (χ2n) is 4.29. The van der Waals surface area contributed by atoms with Crippen LogP contribution in [0, 0.1) is 21.4 Å². The molecule has 2 rings (SSSR count). The maximum Gasteiger partial charge on any atom is 0.273 e. The molecule has 0 spiro atoms. The smallest absolute Gasteiger partial charge is 0.273 e. The highest BCUT2D eigenvalue weighted by molar-refractivity contribution is 6.30. The average molecular weight is 266 g/mol. The molecule has 18 heavy (non-hydrogen) atoms. The van der Waals surface area contributed by atoms with Crippen LogP contribution in [0.15, 0.2) is 18.2 Å². The topological polar surface area (TPSA) is 70.2 Å². The first-order valence-corrected chi connectivity index (χ1v) is 6.06. The average Bonchev–Trinajstić information content (AvgIpc) is 2.76. The molecule has 0 aromatic heterocycles. The lowest BCUT2D eigenvalue weighted by Crippen LogP contribution is -2.27. The van der Waals surface area contributed by atoms with Gasteiger partial charge in [0, 0.05) is 23.2 Å². The molecule has 1 unspecified atom stereocenters. The molecule has 1 heterocycles. The fourth-order valence-corrected chi connectivity index (χ4v) is 2.43. The van der Waals surface area contributed by atoms with E-state index in [1.54, 1.807) is 6.07 Å². The molecule has 0 aliphatic carbocycles. The van der Waals surface area contributed by atoms with E-state index >= 15 is 0 Å². The molecule has 1 aliphatic rings. The van der Waals surface area contributed by atoms with E-state index in [0.29, 0.717) is 17.1 Å². The third-order valence-corrected chi connectivity index (χ3v) is 3.36. The number of nitro benzene ring substituents is 1. The highest BCUT2D eigenvalue weighted by Gasteiger charge is 2.26. The molecule has 0 saturated carbocycles. The van der Waals surface area contributed by atoms with Crippen LogP contribution in [-0.4, -0.2) is 22.4 Å². The molecule has 94 valence electrons. The summed E-state index contributed by atoms with van der Waals surface area (Å²) >= 11 is 5.87. The fourth-order valence-electron chi connectivity index (χ4n) is 2.24. The molecule has 1 aliphatic heterocycles. The van der Waals surface area contributed by atoms with Gasteiger partial charge in [0.05, 0.1) is 17.0 Å². The van der Waals surface area contributed by atoms with Gasteiger partial charge >= 0.3 is 0 Å². The summed E-state index contributed by atoms with van der Waals surface area (Å²) in [5, 5.41) is 20.4. The summed E-state index contributed by atoms with van der Waals surface area (Å²) in [5.41, 5.74) is 0.623. The van der Waals surface area contributed by atoms with Crippen molar-refractivity contribution < 1.29 is 4.92 Å². The molecular weight excluding hydrogens is 254 g/mol. The predicted octanol–water partition coefficient (Wildman–Crippen LogP) is 2.74. The van der Waals surface area contributed by atoms with Gasteiger partial charge in [-0.3, -0.25) is 15.0 Å². The first kappa shape index (κ1) is 12.8. The van der Waals surface area contributed by atoms with Crippen molar-refractivity contribution in [1.29, 1.82) is 5.26 Å². The number of halogens is 1. The normalized spacial score (nSPS) is 19.7. The summed E-state index contributed by atoms with van der Waals surface area (Å²) in [6, 6.07) is 6.60. The van der Waals surface area contributed by atoms with Crippen molar-refractivity contribution in [3.63, 3.8) is 0 Å². The van der Waals surface area contributed by atoms with E-state index in [9.17, 15) is 10.1 Å². The van der Waals surface area contributed by atoms with Crippen LogP contribution in [0.25, 0.3) is 0 Å². The molecule has 0 amide bonds. The molecule has 1 atom stereocenters. The monoisotopic (exact) mass is 265 g/mol. The SMILES string of the molecule is N#CC1CCCN1Cc1cc(Cl)ccc1[N+](=O)[O-]. The molecular formula is C12H12ClN3O2. The van der Waals surface area contributed by atoms with Crippen molar-refractivity contribution in [3.8, 4) is 6.07 Å². The van der Waals surface area contributed by atoms with Gasteiger partial charge in [-0.2, -0.15) is 5.26 Å². The minimum Gasteiger partial charge on any atom is -0.283 e. The van der Waals surface area contributed by atoms with Gasteiger partial charge < -0.3 is 0 Å². The number of likely N-dealkylation sites (tertiary alicyclic amines) is 1. The molecule has 0 radical (unpaired) electrons. The maximum atomic E-state index is 10.9. The quantitative estimate of drug-likeness (QED) is 0.622. The molecule has 1 fully saturated rings. The maximum absolute atomic E-state index is 10.9. The van der Waals surface area contributed by atoms with Gasteiger partial charge in [0.1, 0.15) is 0 Å². The lowest BCUT2D eigenvalue weighted by molar-refractivity contribution is -0.385. The summed E-state index contributed by atoms with van der Waals surface area (Å²) in [5.74, 6) is 0. The fraction of sp³-hybridized carbons (Fsp3) is 0.417. The molecule has 1 aromatic carbocycles. The van der Waals surface area contributed by atoms with Crippen molar-refractivity contribution in [2.24, 2.45) is 0 Å². The third-order valence-electron chi connectivity index (χ3n) is 3.12. The molecule has 6 heteroatoms. The number of hydrogen-bond donors (Lipinski definition) is 0. The molecule has 1 saturated heterocycles. The highest BCUT2D eigenvalue weighted by Crippen LogP contribution is 2.27. The van der Waals surface area contributed by atoms with E-state index in [4.69, 9.17) is 16.9 Å². The van der Waals surface area contributed by atoms with Crippen molar-refractivity contribution in [1.82, 2.24) is 4.90 Å². The Bertz CT molecular complexity index is 513. The predicted molar refractivity (Wildman–Crippen MR) is 67.2 cm³/mol. The number of nitriles is 1. The van der Waals surface area contributed by atoms with Crippen LogP contribution < -0.4 is 0 Å². The zero-order chi connectivity index (χ0) is 13.1. The van der Waals surface area contributed by atoms with Gasteiger partial charge in [0.2, 0.25) is 0 Å². The molecule has 0 bridgehead atoms. The Labute approximate surface area is 110 Å². The van der Waals surface area contributed by atoms with E-state index in [1.165, 1.54) is 12.1 Å². The van der Waals surface area contributed by atoms with Gasteiger partial charge in [-0.05, 0) is 31.5 Å². The zero-order valence-corrected chi connectivity index (χ0v) is 10.4. The van der Waals surface area contributed by atoms with E-state index in [0.717, 1.165) is 19.4 Å². The van der Waals surface area contributed by atoms with Crippen LogP contribution in [0.1, 0.15) is 18.4 Å². The lowest BCUT2D eigenvalue weighted by atomic mass is 10.1. The lowest BCUT2D eigenvalue weighted by Gasteiger charge is -2.18. The van der Waals surface area contributed by atoms with Gasteiger partial charge in [-0.1, -0.05) is 11.6 Å². The Kier molecular flexibility index (Phi) is 3.80. The second-order valence-corrected chi connectivity index (χ2v) is 4.72. The first-order valence-electron chi connectivity index (χ1n) is 5.68. The van der Waals surface area contributed by atoms with Gasteiger partial charge in [-0.15, -0.1) is 0 Å². The van der Waals surface area contributed by atoms with Crippen molar-refractivity contribution in [2.45, 2.75) is 25.4 Å². The molecule has 5 nitrogen and oxygen atoms in total. The summed E-state index contributed by atoms with van der Waals surface area (Å²) in [7, 11) is 0. The Morgan fingerprint density at radius 1 is 1.61 bits per heavy atom. The van der Waals surface area contributed by atoms with Crippen LogP contribution in [0.4, 0.5) is 5.69 Å².